The van der Waals surface area contributed by atoms with Crippen LogP contribution in [0.25, 0.3) is 0 Å². The summed E-state index contributed by atoms with van der Waals surface area (Å²) in [4.78, 5) is 18.8. The number of hydrogen-bond donors (Lipinski definition) is 3. The Bertz CT molecular complexity index is 450. The molecular weight excluding hydrogens is 276 g/mol. The molecule has 0 aliphatic heterocycles. The van der Waals surface area contributed by atoms with Crippen molar-refractivity contribution < 1.29 is 9.90 Å². The number of nitrogens with zero attached hydrogens (tertiary/aromatic N) is 2. The lowest BCUT2D eigenvalue weighted by molar-refractivity contribution is 0.0921. The highest BCUT2D eigenvalue weighted by Gasteiger charge is 2.21. The van der Waals surface area contributed by atoms with Crippen molar-refractivity contribution >= 4 is 28.2 Å². The number of carbonyl (C=O) groups is 1. The van der Waals surface area contributed by atoms with E-state index in [0.29, 0.717) is 4.88 Å². The van der Waals surface area contributed by atoms with Gasteiger partial charge in [0, 0.05) is 26.2 Å². The van der Waals surface area contributed by atoms with E-state index in [-0.39, 0.29) is 30.3 Å². The number of nitrogens with two attached hydrogens (primary N) is 1. The molecule has 0 aliphatic carbocycles. The fourth-order valence-electron chi connectivity index (χ4n) is 1.65. The van der Waals surface area contributed by atoms with Crippen molar-refractivity contribution in [3.8, 4) is 0 Å². The summed E-state index contributed by atoms with van der Waals surface area (Å²) in [5.41, 5.74) is 5.82. The lowest BCUT2D eigenvalue weighted by Crippen LogP contribution is -2.38. The van der Waals surface area contributed by atoms with Gasteiger partial charge in [-0.1, -0.05) is 25.2 Å². The largest absolute Gasteiger partial charge is 0.396 e. The van der Waals surface area contributed by atoms with E-state index < -0.39 is 0 Å². The summed E-state index contributed by atoms with van der Waals surface area (Å²) in [7, 11) is 1.93. The number of aliphatic hydroxyl groups excluding tert-OH is 1. The molecule has 1 aromatic heterocycles. The number of thiazole rings is 1. The van der Waals surface area contributed by atoms with Gasteiger partial charge < -0.3 is 21.1 Å². The van der Waals surface area contributed by atoms with Gasteiger partial charge in [-0.3, -0.25) is 4.79 Å². The molecule has 0 bridgehead atoms. The van der Waals surface area contributed by atoms with Crippen LogP contribution in [0.3, 0.4) is 0 Å². The zero-order valence-electron chi connectivity index (χ0n) is 12.5. The molecule has 1 heterocycles. The fourth-order valence-corrected chi connectivity index (χ4v) is 2.53. The predicted octanol–water partition coefficient (Wildman–Crippen LogP) is 1.32. The van der Waals surface area contributed by atoms with E-state index in [9.17, 15) is 4.79 Å². The van der Waals surface area contributed by atoms with Gasteiger partial charge in [-0.15, -0.1) is 0 Å². The maximum Gasteiger partial charge on any atom is 0.265 e. The first-order valence-electron chi connectivity index (χ1n) is 6.79. The van der Waals surface area contributed by atoms with E-state index in [1.807, 2.05) is 25.8 Å². The Morgan fingerprint density at radius 1 is 1.55 bits per heavy atom. The van der Waals surface area contributed by atoms with Crippen LogP contribution in [0.4, 0.5) is 10.9 Å². The van der Waals surface area contributed by atoms with Crippen LogP contribution in [0.1, 0.15) is 36.9 Å². The third-order valence-electron chi connectivity index (χ3n) is 3.23. The van der Waals surface area contributed by atoms with Crippen molar-refractivity contribution in [1.29, 1.82) is 0 Å². The molecule has 0 fully saturated rings. The number of rotatable bonds is 7. The van der Waals surface area contributed by atoms with Crippen molar-refractivity contribution in [2.45, 2.75) is 33.2 Å². The number of nitrogen functional groups attached to an aromatic ring is 1. The molecule has 2 unspecified atom stereocenters. The van der Waals surface area contributed by atoms with Crippen molar-refractivity contribution in [2.24, 2.45) is 5.92 Å². The van der Waals surface area contributed by atoms with Crippen molar-refractivity contribution in [1.82, 2.24) is 10.3 Å². The summed E-state index contributed by atoms with van der Waals surface area (Å²) in [5, 5.41) is 12.7. The molecule has 0 radical (unpaired) electrons. The summed E-state index contributed by atoms with van der Waals surface area (Å²) >= 11 is 1.29. The molecule has 6 nitrogen and oxygen atoms in total. The summed E-state index contributed by atoms with van der Waals surface area (Å²) in [5.74, 6) is 0.0218. The summed E-state index contributed by atoms with van der Waals surface area (Å²) < 4.78 is 0. The quantitative estimate of drug-likeness (QED) is 0.706. The fraction of sp³-hybridized carbons (Fsp3) is 0.692. The smallest absolute Gasteiger partial charge is 0.265 e. The molecule has 20 heavy (non-hydrogen) atoms. The van der Waals surface area contributed by atoms with Crippen molar-refractivity contribution in [3.63, 3.8) is 0 Å². The monoisotopic (exact) mass is 300 g/mol. The zero-order valence-corrected chi connectivity index (χ0v) is 13.3. The number of nitrogens with one attached hydrogen (secondary N) is 1. The number of hydrogen-bond acceptors (Lipinski definition) is 6. The second-order valence-electron chi connectivity index (χ2n) is 5.05. The highest BCUT2D eigenvalue weighted by atomic mass is 32.1. The Morgan fingerprint density at radius 2 is 2.20 bits per heavy atom. The van der Waals surface area contributed by atoms with Gasteiger partial charge in [-0.05, 0) is 19.3 Å². The topological polar surface area (TPSA) is 91.5 Å². The van der Waals surface area contributed by atoms with Crippen LogP contribution in [0, 0.1) is 5.92 Å². The third kappa shape index (κ3) is 4.08. The van der Waals surface area contributed by atoms with Crippen molar-refractivity contribution in [3.05, 3.63) is 4.88 Å². The Balaban J connectivity index is 2.78. The number of carbonyl (C=O) groups excluding carboxylic acids is 1. The van der Waals surface area contributed by atoms with Gasteiger partial charge in [0.15, 0.2) is 5.13 Å². The number of amides is 1. The molecule has 0 aliphatic rings. The molecule has 7 heteroatoms. The molecule has 1 aromatic rings. The molecule has 4 N–H and O–H groups in total. The van der Waals surface area contributed by atoms with E-state index in [1.165, 1.54) is 11.3 Å². The second kappa shape index (κ2) is 7.44. The lowest BCUT2D eigenvalue weighted by atomic mass is 10.1. The highest BCUT2D eigenvalue weighted by Crippen LogP contribution is 2.27. The second-order valence-corrected chi connectivity index (χ2v) is 6.03. The van der Waals surface area contributed by atoms with Gasteiger partial charge in [0.05, 0.1) is 0 Å². The normalized spacial score (nSPS) is 13.8. The van der Waals surface area contributed by atoms with Crippen LogP contribution in [0.5, 0.6) is 0 Å². The standard InChI is InChI=1S/C13H24N4O2S/c1-5-6-17(4)13-16-11(14)10(20-13)12(19)15-9(3)8(2)7-18/h8-9,18H,5-7,14H2,1-4H3,(H,15,19). The molecule has 0 spiro atoms. The number of aliphatic hydroxyl groups is 1. The van der Waals surface area contributed by atoms with Crippen LogP contribution >= 0.6 is 11.3 Å². The Kier molecular flexibility index (Phi) is 6.22. The van der Waals surface area contributed by atoms with E-state index in [1.54, 1.807) is 0 Å². The Hall–Kier alpha value is -1.34. The third-order valence-corrected chi connectivity index (χ3v) is 4.42. The molecule has 0 saturated heterocycles. The average molecular weight is 300 g/mol. The minimum Gasteiger partial charge on any atom is -0.396 e. The van der Waals surface area contributed by atoms with E-state index in [4.69, 9.17) is 10.8 Å². The van der Waals surface area contributed by atoms with E-state index in [2.05, 4.69) is 17.2 Å². The predicted molar refractivity (Wildman–Crippen MR) is 83.3 cm³/mol. The SMILES string of the molecule is CCCN(C)c1nc(N)c(C(=O)NC(C)C(C)CO)s1. The van der Waals surface area contributed by atoms with E-state index in [0.717, 1.165) is 18.1 Å². The van der Waals surface area contributed by atoms with Crippen LogP contribution in [-0.4, -0.2) is 42.2 Å². The van der Waals surface area contributed by atoms with Gasteiger partial charge in [0.25, 0.3) is 5.91 Å². The van der Waals surface area contributed by atoms with Gasteiger partial charge in [0.2, 0.25) is 0 Å². The van der Waals surface area contributed by atoms with Crippen LogP contribution in [0.2, 0.25) is 0 Å². The van der Waals surface area contributed by atoms with Crippen LogP contribution in [0.15, 0.2) is 0 Å². The first kappa shape index (κ1) is 16.7. The molecule has 0 aromatic carbocycles. The molecule has 1 rings (SSSR count). The van der Waals surface area contributed by atoms with Crippen LogP contribution < -0.4 is 16.0 Å². The van der Waals surface area contributed by atoms with Gasteiger partial charge in [-0.2, -0.15) is 0 Å². The van der Waals surface area contributed by atoms with Crippen molar-refractivity contribution in [2.75, 3.05) is 30.8 Å². The first-order chi connectivity index (χ1) is 9.40. The molecule has 114 valence electrons. The molecule has 2 atom stereocenters. The van der Waals surface area contributed by atoms with Crippen LogP contribution in [-0.2, 0) is 0 Å². The number of aromatic nitrogens is 1. The first-order valence-corrected chi connectivity index (χ1v) is 7.61. The number of anilines is 2. The molecular formula is C13H24N4O2S. The van der Waals surface area contributed by atoms with Gasteiger partial charge >= 0.3 is 0 Å². The summed E-state index contributed by atoms with van der Waals surface area (Å²) in [6, 6.07) is -0.120. The maximum atomic E-state index is 12.2. The maximum absolute atomic E-state index is 12.2. The zero-order chi connectivity index (χ0) is 15.3. The lowest BCUT2D eigenvalue weighted by Gasteiger charge is -2.18. The van der Waals surface area contributed by atoms with Gasteiger partial charge in [-0.25, -0.2) is 4.98 Å². The van der Waals surface area contributed by atoms with Gasteiger partial charge in [0.1, 0.15) is 10.7 Å². The van der Waals surface area contributed by atoms with E-state index >= 15 is 0 Å². The minimum atomic E-state index is -0.232. The average Bonchev–Trinajstić information content (AvgIpc) is 2.80. The molecule has 1 amide bonds. The molecule has 0 saturated carbocycles. The summed E-state index contributed by atoms with van der Waals surface area (Å²) in [6.45, 7) is 6.72. The minimum absolute atomic E-state index is 0.00432. The Morgan fingerprint density at radius 3 is 2.75 bits per heavy atom. The summed E-state index contributed by atoms with van der Waals surface area (Å²) in [6.07, 6.45) is 1.00. The highest BCUT2D eigenvalue weighted by molar-refractivity contribution is 7.18. The Labute approximate surface area is 124 Å².